The number of nitrogens with one attached hydrogen (secondary N) is 1. The lowest BCUT2D eigenvalue weighted by molar-refractivity contribution is -0.146. The molecule has 1 saturated heterocycles. The van der Waals surface area contributed by atoms with Crippen LogP contribution in [0.3, 0.4) is 0 Å². The molecule has 0 aliphatic carbocycles. The first-order chi connectivity index (χ1) is 12.7. The number of guanidine groups is 1. The number of likely N-dealkylation sites (tertiary alicyclic amines) is 1. The zero-order valence-electron chi connectivity index (χ0n) is 15.7. The number of rotatable bonds is 4. The largest absolute Gasteiger partial charge is 0.469 e. The second-order valence-corrected chi connectivity index (χ2v) is 6.32. The Morgan fingerprint density at radius 3 is 2.56 bits per heavy atom. The number of halogens is 1. The van der Waals surface area contributed by atoms with Crippen LogP contribution >= 0.6 is 24.0 Å². The summed E-state index contributed by atoms with van der Waals surface area (Å²) in [5.74, 6) is 2.42. The van der Waals surface area contributed by atoms with Crippen LogP contribution in [0.2, 0.25) is 0 Å². The van der Waals surface area contributed by atoms with E-state index in [1.807, 2.05) is 42.5 Å². The molecule has 2 heterocycles. The van der Waals surface area contributed by atoms with E-state index in [4.69, 9.17) is 9.15 Å². The number of esters is 1. The van der Waals surface area contributed by atoms with Crippen molar-refractivity contribution in [2.75, 3.05) is 27.2 Å². The number of carbonyl (C=O) groups is 1. The summed E-state index contributed by atoms with van der Waals surface area (Å²) in [6.07, 6.45) is 1.57. The molecular weight excluding hydrogens is 457 g/mol. The van der Waals surface area contributed by atoms with Crippen LogP contribution < -0.4 is 5.32 Å². The van der Waals surface area contributed by atoms with Gasteiger partial charge in [0.25, 0.3) is 0 Å². The molecule has 3 rings (SSSR count). The van der Waals surface area contributed by atoms with Crippen molar-refractivity contribution in [2.45, 2.75) is 19.4 Å². The Bertz CT molecular complexity index is 753. The lowest BCUT2D eigenvalue weighted by Gasteiger charge is -2.33. The second kappa shape index (κ2) is 10.3. The molecule has 0 unspecified atom stereocenters. The molecule has 2 aromatic rings. The number of aliphatic imine (C=N–C) groups is 1. The zero-order valence-corrected chi connectivity index (χ0v) is 18.0. The summed E-state index contributed by atoms with van der Waals surface area (Å²) >= 11 is 0. The zero-order chi connectivity index (χ0) is 18.4. The van der Waals surface area contributed by atoms with Gasteiger partial charge in [0, 0.05) is 25.7 Å². The third kappa shape index (κ3) is 5.47. The Morgan fingerprint density at radius 1 is 1.22 bits per heavy atom. The van der Waals surface area contributed by atoms with Gasteiger partial charge in [0.05, 0.1) is 19.6 Å². The van der Waals surface area contributed by atoms with Gasteiger partial charge in [-0.3, -0.25) is 9.79 Å². The van der Waals surface area contributed by atoms with Gasteiger partial charge in [-0.2, -0.15) is 0 Å². The number of hydrogen-bond acceptors (Lipinski definition) is 4. The maximum Gasteiger partial charge on any atom is 0.308 e. The highest BCUT2D eigenvalue weighted by Gasteiger charge is 2.26. The molecule has 7 heteroatoms. The van der Waals surface area contributed by atoms with E-state index >= 15 is 0 Å². The summed E-state index contributed by atoms with van der Waals surface area (Å²) in [6, 6.07) is 14.0. The van der Waals surface area contributed by atoms with Gasteiger partial charge in [0.1, 0.15) is 11.5 Å². The van der Waals surface area contributed by atoms with E-state index in [2.05, 4.69) is 15.2 Å². The molecule has 0 atom stereocenters. The van der Waals surface area contributed by atoms with Crippen molar-refractivity contribution < 1.29 is 13.9 Å². The molecule has 1 aliphatic rings. The average Bonchev–Trinajstić information content (AvgIpc) is 3.18. The van der Waals surface area contributed by atoms with Gasteiger partial charge in [-0.05, 0) is 25.0 Å². The molecule has 1 aromatic carbocycles. The average molecular weight is 483 g/mol. The number of carbonyl (C=O) groups excluding carboxylic acids is 1. The lowest BCUT2D eigenvalue weighted by Crippen LogP contribution is -2.46. The van der Waals surface area contributed by atoms with Crippen molar-refractivity contribution in [3.8, 4) is 11.3 Å². The molecule has 1 N–H and O–H groups in total. The van der Waals surface area contributed by atoms with Gasteiger partial charge in [0.2, 0.25) is 0 Å². The van der Waals surface area contributed by atoms with Crippen molar-refractivity contribution >= 4 is 35.9 Å². The molecular formula is C20H26IN3O3. The molecule has 0 radical (unpaired) electrons. The summed E-state index contributed by atoms with van der Waals surface area (Å²) in [4.78, 5) is 18.2. The van der Waals surface area contributed by atoms with Crippen LogP contribution in [0.15, 0.2) is 51.9 Å². The van der Waals surface area contributed by atoms with Crippen LogP contribution in [0.5, 0.6) is 0 Å². The molecule has 6 nitrogen and oxygen atoms in total. The first kappa shape index (κ1) is 21.3. The number of ether oxygens (including phenoxy) is 1. The molecule has 27 heavy (non-hydrogen) atoms. The van der Waals surface area contributed by atoms with Gasteiger partial charge in [-0.1, -0.05) is 30.3 Å². The van der Waals surface area contributed by atoms with E-state index in [0.29, 0.717) is 6.54 Å². The summed E-state index contributed by atoms with van der Waals surface area (Å²) in [5, 5.41) is 3.34. The third-order valence-electron chi connectivity index (χ3n) is 4.68. The third-order valence-corrected chi connectivity index (χ3v) is 4.68. The number of hydrogen-bond donors (Lipinski definition) is 1. The first-order valence-corrected chi connectivity index (χ1v) is 8.89. The number of piperidine rings is 1. The minimum atomic E-state index is -0.114. The van der Waals surface area contributed by atoms with E-state index in [0.717, 1.165) is 49.0 Å². The van der Waals surface area contributed by atoms with Gasteiger partial charge in [0.15, 0.2) is 5.96 Å². The van der Waals surface area contributed by atoms with Gasteiger partial charge in [-0.15, -0.1) is 24.0 Å². The standard InChI is InChI=1S/C20H25N3O3.HI/c1-21-20(23-12-10-16(11-13-23)19(24)25-2)22-14-17-8-9-18(26-17)15-6-4-3-5-7-15;/h3-9,16H,10-14H2,1-2H3,(H,21,22);1H. The van der Waals surface area contributed by atoms with Gasteiger partial charge < -0.3 is 19.4 Å². The predicted octanol–water partition coefficient (Wildman–Crippen LogP) is 3.53. The number of nitrogens with zero attached hydrogens (tertiary/aromatic N) is 2. The van der Waals surface area contributed by atoms with Gasteiger partial charge in [-0.25, -0.2) is 0 Å². The first-order valence-electron chi connectivity index (χ1n) is 8.89. The molecule has 146 valence electrons. The topological polar surface area (TPSA) is 67.1 Å². The lowest BCUT2D eigenvalue weighted by atomic mass is 9.97. The van der Waals surface area contributed by atoms with Crippen molar-refractivity contribution in [1.29, 1.82) is 0 Å². The second-order valence-electron chi connectivity index (χ2n) is 6.32. The summed E-state index contributed by atoms with van der Waals surface area (Å²) in [6.45, 7) is 2.14. The Labute approximate surface area is 177 Å². The van der Waals surface area contributed by atoms with Crippen molar-refractivity contribution in [1.82, 2.24) is 10.2 Å². The Hall–Kier alpha value is -2.03. The van der Waals surface area contributed by atoms with Crippen LogP contribution in [-0.4, -0.2) is 44.1 Å². The maximum atomic E-state index is 11.6. The smallest absolute Gasteiger partial charge is 0.308 e. The highest BCUT2D eigenvalue weighted by molar-refractivity contribution is 14.0. The highest BCUT2D eigenvalue weighted by Crippen LogP contribution is 2.22. The fourth-order valence-electron chi connectivity index (χ4n) is 3.22. The van der Waals surface area contributed by atoms with E-state index in [1.165, 1.54) is 7.11 Å². The Balaban J connectivity index is 0.00000261. The van der Waals surface area contributed by atoms with Crippen molar-refractivity contribution in [2.24, 2.45) is 10.9 Å². The minimum Gasteiger partial charge on any atom is -0.469 e. The molecule has 0 bridgehead atoms. The Kier molecular flexibility index (Phi) is 8.15. The SMILES string of the molecule is CN=C(NCc1ccc(-c2ccccc2)o1)N1CCC(C(=O)OC)CC1.I. The fraction of sp³-hybridized carbons (Fsp3) is 0.400. The van der Waals surface area contributed by atoms with Crippen LogP contribution in [0.1, 0.15) is 18.6 Å². The van der Waals surface area contributed by atoms with Crippen LogP contribution in [0.25, 0.3) is 11.3 Å². The molecule has 0 saturated carbocycles. The fourth-order valence-corrected chi connectivity index (χ4v) is 3.22. The number of benzene rings is 1. The predicted molar refractivity (Wildman–Crippen MR) is 116 cm³/mol. The van der Waals surface area contributed by atoms with Crippen molar-refractivity contribution in [3.05, 3.63) is 48.2 Å². The van der Waals surface area contributed by atoms with Gasteiger partial charge >= 0.3 is 5.97 Å². The van der Waals surface area contributed by atoms with Crippen molar-refractivity contribution in [3.63, 3.8) is 0 Å². The molecule has 0 spiro atoms. The highest BCUT2D eigenvalue weighted by atomic mass is 127. The van der Waals surface area contributed by atoms with Crippen LogP contribution in [-0.2, 0) is 16.1 Å². The summed E-state index contributed by atoms with van der Waals surface area (Å²) in [7, 11) is 3.22. The molecule has 1 aromatic heterocycles. The summed E-state index contributed by atoms with van der Waals surface area (Å²) in [5.41, 5.74) is 1.06. The Morgan fingerprint density at radius 2 is 1.93 bits per heavy atom. The molecule has 1 aliphatic heterocycles. The van der Waals surface area contributed by atoms with Crippen LogP contribution in [0.4, 0.5) is 0 Å². The minimum absolute atomic E-state index is 0. The monoisotopic (exact) mass is 483 g/mol. The maximum absolute atomic E-state index is 11.6. The van der Waals surface area contributed by atoms with E-state index in [-0.39, 0.29) is 35.9 Å². The normalized spacial score (nSPS) is 15.2. The van der Waals surface area contributed by atoms with E-state index < -0.39 is 0 Å². The van der Waals surface area contributed by atoms with E-state index in [1.54, 1.807) is 7.05 Å². The molecule has 0 amide bonds. The molecule has 1 fully saturated rings. The number of furan rings is 1. The summed E-state index contributed by atoms with van der Waals surface area (Å²) < 4.78 is 10.8. The van der Waals surface area contributed by atoms with Crippen LogP contribution in [0, 0.1) is 5.92 Å². The number of methoxy groups -OCH3 is 1. The van der Waals surface area contributed by atoms with E-state index in [9.17, 15) is 4.79 Å². The quantitative estimate of drug-likeness (QED) is 0.312.